The third kappa shape index (κ3) is 3.95. The van der Waals surface area contributed by atoms with Gasteiger partial charge in [0, 0.05) is 22.9 Å². The van der Waals surface area contributed by atoms with E-state index in [1.54, 1.807) is 10.5 Å². The number of aryl methyl sites for hydroxylation is 3. The topological polar surface area (TPSA) is 82.5 Å². The summed E-state index contributed by atoms with van der Waals surface area (Å²) in [6.45, 7) is 6.10. The monoisotopic (exact) mass is 414 g/mol. The lowest BCUT2D eigenvalue weighted by atomic mass is 10.1. The lowest BCUT2D eigenvalue weighted by molar-refractivity contribution is 0.250. The van der Waals surface area contributed by atoms with Crippen LogP contribution in [0, 0.1) is 20.8 Å². The van der Waals surface area contributed by atoms with Gasteiger partial charge in [0.25, 0.3) is 16.7 Å². The van der Waals surface area contributed by atoms with E-state index >= 15 is 0 Å². The quantitative estimate of drug-likeness (QED) is 0.442. The number of hydrogen-bond donors (Lipinski definition) is 0. The van der Waals surface area contributed by atoms with E-state index in [-0.39, 0.29) is 12.2 Å². The molecule has 4 aromatic rings. The van der Waals surface area contributed by atoms with Gasteiger partial charge in [0.05, 0.1) is 5.69 Å². The maximum absolute atomic E-state index is 12.2. The van der Waals surface area contributed by atoms with Crippen molar-refractivity contribution in [1.29, 1.82) is 0 Å². The lowest BCUT2D eigenvalue weighted by Gasteiger charge is -2.07. The SMILES string of the molecule is Cc1ccc(C)c(OCc2nnc(SCc3cc(=O)n4c(C)csc4n3)o2)c1. The molecule has 1 aromatic carbocycles. The summed E-state index contributed by atoms with van der Waals surface area (Å²) in [5, 5.41) is 10.4. The molecule has 4 rings (SSSR count). The normalized spacial score (nSPS) is 11.2. The van der Waals surface area contributed by atoms with Crippen molar-refractivity contribution in [3.05, 3.63) is 68.4 Å². The molecule has 28 heavy (non-hydrogen) atoms. The van der Waals surface area contributed by atoms with Crippen molar-refractivity contribution >= 4 is 28.1 Å². The Morgan fingerprint density at radius 1 is 1.21 bits per heavy atom. The molecular weight excluding hydrogens is 396 g/mol. The van der Waals surface area contributed by atoms with Crippen LogP contribution in [-0.4, -0.2) is 19.6 Å². The van der Waals surface area contributed by atoms with Gasteiger partial charge in [-0.15, -0.1) is 21.5 Å². The van der Waals surface area contributed by atoms with Crippen LogP contribution in [0.5, 0.6) is 5.75 Å². The predicted molar refractivity (Wildman–Crippen MR) is 108 cm³/mol. The van der Waals surface area contributed by atoms with Crippen LogP contribution < -0.4 is 10.3 Å². The molecule has 0 amide bonds. The Morgan fingerprint density at radius 2 is 2.07 bits per heavy atom. The Kier molecular flexibility index (Phi) is 5.19. The Balaban J connectivity index is 1.40. The Bertz CT molecular complexity index is 1200. The fraction of sp³-hybridized carbons (Fsp3) is 0.263. The molecule has 0 N–H and O–H groups in total. The van der Waals surface area contributed by atoms with Gasteiger partial charge in [-0.25, -0.2) is 4.98 Å². The van der Waals surface area contributed by atoms with Crippen molar-refractivity contribution in [3.8, 4) is 5.75 Å². The van der Waals surface area contributed by atoms with Crippen molar-refractivity contribution in [2.75, 3.05) is 0 Å². The van der Waals surface area contributed by atoms with Gasteiger partial charge in [-0.2, -0.15) is 0 Å². The largest absolute Gasteiger partial charge is 0.484 e. The van der Waals surface area contributed by atoms with Crippen LogP contribution in [0.2, 0.25) is 0 Å². The minimum atomic E-state index is -0.0764. The molecule has 0 saturated heterocycles. The maximum Gasteiger partial charge on any atom is 0.277 e. The summed E-state index contributed by atoms with van der Waals surface area (Å²) in [5.41, 5.74) is 3.68. The number of hydrogen-bond acceptors (Lipinski definition) is 8. The molecule has 0 aliphatic heterocycles. The van der Waals surface area contributed by atoms with Crippen LogP contribution >= 0.6 is 23.1 Å². The summed E-state index contributed by atoms with van der Waals surface area (Å²) >= 11 is 2.79. The summed E-state index contributed by atoms with van der Waals surface area (Å²) < 4.78 is 13.0. The predicted octanol–water partition coefficient (Wildman–Crippen LogP) is 3.94. The van der Waals surface area contributed by atoms with Crippen molar-refractivity contribution < 1.29 is 9.15 Å². The minimum absolute atomic E-state index is 0.0764. The zero-order valence-electron chi connectivity index (χ0n) is 15.6. The third-order valence-corrected chi connectivity index (χ3v) is 5.91. The summed E-state index contributed by atoms with van der Waals surface area (Å²) in [6, 6.07) is 7.58. The van der Waals surface area contributed by atoms with Gasteiger partial charge in [0.2, 0.25) is 0 Å². The second-order valence-electron chi connectivity index (χ2n) is 6.39. The summed E-state index contributed by atoms with van der Waals surface area (Å²) in [6.07, 6.45) is 0. The number of aromatic nitrogens is 4. The molecule has 0 unspecified atom stereocenters. The summed E-state index contributed by atoms with van der Waals surface area (Å²) in [7, 11) is 0. The molecule has 3 aromatic heterocycles. The Morgan fingerprint density at radius 3 is 2.93 bits per heavy atom. The van der Waals surface area contributed by atoms with Crippen molar-refractivity contribution in [2.45, 2.75) is 38.4 Å². The van der Waals surface area contributed by atoms with Gasteiger partial charge in [-0.3, -0.25) is 9.20 Å². The van der Waals surface area contributed by atoms with Crippen LogP contribution in [0.4, 0.5) is 0 Å². The van der Waals surface area contributed by atoms with E-state index in [4.69, 9.17) is 9.15 Å². The summed E-state index contributed by atoms with van der Waals surface area (Å²) in [4.78, 5) is 17.4. The molecule has 144 valence electrons. The van der Waals surface area contributed by atoms with E-state index in [0.29, 0.717) is 27.5 Å². The van der Waals surface area contributed by atoms with Gasteiger partial charge in [0.1, 0.15) is 5.75 Å². The van der Waals surface area contributed by atoms with Crippen LogP contribution in [0.15, 0.2) is 44.1 Å². The van der Waals surface area contributed by atoms with Crippen molar-refractivity contribution in [2.24, 2.45) is 0 Å². The molecule has 0 atom stereocenters. The van der Waals surface area contributed by atoms with Gasteiger partial charge in [0.15, 0.2) is 11.6 Å². The first-order valence-corrected chi connectivity index (χ1v) is 10.5. The number of benzene rings is 1. The third-order valence-electron chi connectivity index (χ3n) is 4.12. The lowest BCUT2D eigenvalue weighted by Crippen LogP contribution is -2.14. The van der Waals surface area contributed by atoms with Gasteiger partial charge >= 0.3 is 0 Å². The second-order valence-corrected chi connectivity index (χ2v) is 8.15. The summed E-state index contributed by atoms with van der Waals surface area (Å²) in [5.74, 6) is 1.68. The first-order valence-electron chi connectivity index (χ1n) is 8.61. The highest BCUT2D eigenvalue weighted by Gasteiger charge is 2.11. The van der Waals surface area contributed by atoms with Crippen molar-refractivity contribution in [1.82, 2.24) is 19.6 Å². The molecule has 0 aliphatic rings. The minimum Gasteiger partial charge on any atom is -0.484 e. The highest BCUT2D eigenvalue weighted by Crippen LogP contribution is 2.23. The van der Waals surface area contributed by atoms with Gasteiger partial charge < -0.3 is 9.15 Å². The molecule has 0 saturated carbocycles. The molecule has 0 spiro atoms. The molecule has 9 heteroatoms. The molecule has 0 aliphatic carbocycles. The van der Waals surface area contributed by atoms with Gasteiger partial charge in [-0.1, -0.05) is 23.9 Å². The van der Waals surface area contributed by atoms with E-state index in [2.05, 4.69) is 15.2 Å². The molecule has 7 nitrogen and oxygen atoms in total. The fourth-order valence-corrected chi connectivity index (χ4v) is 4.23. The number of fused-ring (bicyclic) bond motifs is 1. The molecular formula is C19H18N4O3S2. The average molecular weight is 415 g/mol. The van der Waals surface area contributed by atoms with E-state index < -0.39 is 0 Å². The molecule has 0 fully saturated rings. The standard InChI is InChI=1S/C19H18N4O3S2/c1-11-4-5-12(2)15(6-11)25-8-16-21-22-19(26-16)28-10-14-7-17(24)23-13(3)9-27-18(23)20-14/h4-7,9H,8,10H2,1-3H3. The number of thioether (sulfide) groups is 1. The van der Waals surface area contributed by atoms with Crippen molar-refractivity contribution in [3.63, 3.8) is 0 Å². The highest BCUT2D eigenvalue weighted by molar-refractivity contribution is 7.98. The Hall–Kier alpha value is -2.65. The molecule has 0 bridgehead atoms. The zero-order valence-corrected chi connectivity index (χ0v) is 17.3. The molecule has 0 radical (unpaired) electrons. The first kappa shape index (κ1) is 18.7. The van der Waals surface area contributed by atoms with Gasteiger partial charge in [-0.05, 0) is 38.0 Å². The smallest absolute Gasteiger partial charge is 0.277 e. The van der Waals surface area contributed by atoms with E-state index in [0.717, 1.165) is 22.6 Å². The van der Waals surface area contributed by atoms with Crippen LogP contribution in [0.1, 0.15) is 28.4 Å². The highest BCUT2D eigenvalue weighted by atomic mass is 32.2. The second kappa shape index (κ2) is 7.76. The maximum atomic E-state index is 12.2. The van der Waals surface area contributed by atoms with Crippen LogP contribution in [0.3, 0.4) is 0 Å². The average Bonchev–Trinajstić information content (AvgIpc) is 3.27. The van der Waals surface area contributed by atoms with Crippen LogP contribution in [-0.2, 0) is 12.4 Å². The van der Waals surface area contributed by atoms with E-state index in [9.17, 15) is 4.79 Å². The molecule has 3 heterocycles. The first-order chi connectivity index (χ1) is 13.5. The number of ether oxygens (including phenoxy) is 1. The van der Waals surface area contributed by atoms with Crippen LogP contribution in [0.25, 0.3) is 4.96 Å². The fourth-order valence-electron chi connectivity index (χ4n) is 2.67. The number of nitrogens with zero attached hydrogens (tertiary/aromatic N) is 4. The van der Waals surface area contributed by atoms with E-state index in [1.807, 2.05) is 44.4 Å². The van der Waals surface area contributed by atoms with E-state index in [1.165, 1.54) is 23.1 Å². The number of thiazole rings is 1. The zero-order chi connectivity index (χ0) is 19.7. The Labute approximate surface area is 169 Å². The number of rotatable bonds is 6.